The quantitative estimate of drug-likeness (QED) is 0.471. The van der Waals surface area contributed by atoms with Crippen molar-refractivity contribution in [2.24, 2.45) is 0 Å². The zero-order chi connectivity index (χ0) is 22.2. The number of fused-ring (bicyclic) bond motifs is 1. The second-order valence-corrected chi connectivity index (χ2v) is 8.82. The molecule has 3 aromatic rings. The molecule has 0 bridgehead atoms. The van der Waals surface area contributed by atoms with Crippen molar-refractivity contribution in [3.8, 4) is 5.75 Å². The van der Waals surface area contributed by atoms with Gasteiger partial charge in [-0.2, -0.15) is 0 Å². The lowest BCUT2D eigenvalue weighted by Gasteiger charge is -2.19. The van der Waals surface area contributed by atoms with Crippen LogP contribution in [0.3, 0.4) is 0 Å². The van der Waals surface area contributed by atoms with E-state index in [1.54, 1.807) is 47.9 Å². The number of carbonyl (C=O) groups is 2. The van der Waals surface area contributed by atoms with E-state index < -0.39 is 5.60 Å². The van der Waals surface area contributed by atoms with Gasteiger partial charge in [0.05, 0.1) is 24.1 Å². The molecule has 158 valence electrons. The first kappa shape index (κ1) is 22.2. The minimum atomic E-state index is -0.608. The number of aromatic nitrogens is 1. The Balaban J connectivity index is 2.18. The van der Waals surface area contributed by atoms with E-state index in [-0.39, 0.29) is 18.3 Å². The predicted molar refractivity (Wildman–Crippen MR) is 119 cm³/mol. The van der Waals surface area contributed by atoms with Gasteiger partial charge in [-0.1, -0.05) is 23.2 Å². The van der Waals surface area contributed by atoms with Gasteiger partial charge in [0.25, 0.3) is 5.91 Å². The van der Waals surface area contributed by atoms with Gasteiger partial charge in [-0.15, -0.1) is 0 Å². The fourth-order valence-corrected chi connectivity index (χ4v) is 3.73. The topological polar surface area (TPSA) is 57.5 Å². The fraction of sp³-hybridized carbons (Fsp3) is 0.304. The fourth-order valence-electron chi connectivity index (χ4n) is 3.36. The van der Waals surface area contributed by atoms with E-state index in [0.717, 1.165) is 0 Å². The number of methoxy groups -OCH3 is 1. The van der Waals surface area contributed by atoms with Crippen LogP contribution >= 0.6 is 23.2 Å². The number of hydrogen-bond donors (Lipinski definition) is 0. The van der Waals surface area contributed by atoms with Crippen molar-refractivity contribution in [3.63, 3.8) is 0 Å². The summed E-state index contributed by atoms with van der Waals surface area (Å²) in [5.74, 6) is -0.158. The van der Waals surface area contributed by atoms with Crippen LogP contribution < -0.4 is 4.74 Å². The van der Waals surface area contributed by atoms with Crippen molar-refractivity contribution in [1.29, 1.82) is 0 Å². The average Bonchev–Trinajstić information content (AvgIpc) is 2.90. The highest BCUT2D eigenvalue weighted by atomic mass is 35.5. The molecule has 7 heteroatoms. The Bertz CT molecular complexity index is 1130. The van der Waals surface area contributed by atoms with Crippen molar-refractivity contribution in [1.82, 2.24) is 4.57 Å². The largest absolute Gasteiger partial charge is 0.495 e. The average molecular weight is 448 g/mol. The van der Waals surface area contributed by atoms with E-state index in [4.69, 9.17) is 32.7 Å². The third-order valence-corrected chi connectivity index (χ3v) is 5.19. The molecule has 0 aliphatic carbocycles. The van der Waals surface area contributed by atoms with Crippen LogP contribution in [-0.4, -0.2) is 29.2 Å². The Kier molecular flexibility index (Phi) is 6.16. The van der Waals surface area contributed by atoms with Crippen LogP contribution in [0.15, 0.2) is 36.4 Å². The Labute approximate surface area is 185 Å². The lowest BCUT2D eigenvalue weighted by molar-refractivity contribution is -0.153. The van der Waals surface area contributed by atoms with Crippen molar-refractivity contribution in [2.75, 3.05) is 7.11 Å². The molecule has 0 aliphatic rings. The van der Waals surface area contributed by atoms with Gasteiger partial charge in [-0.3, -0.25) is 14.2 Å². The van der Waals surface area contributed by atoms with Crippen LogP contribution in [0.4, 0.5) is 0 Å². The van der Waals surface area contributed by atoms with Crippen LogP contribution in [0.2, 0.25) is 10.0 Å². The number of nitrogens with zero attached hydrogens (tertiary/aromatic N) is 1. The van der Waals surface area contributed by atoms with Gasteiger partial charge in [0.2, 0.25) is 0 Å². The zero-order valence-corrected chi connectivity index (χ0v) is 19.0. The number of esters is 1. The molecular weight excluding hydrogens is 425 g/mol. The lowest BCUT2D eigenvalue weighted by atomic mass is 10.1. The number of carbonyl (C=O) groups excluding carboxylic acids is 2. The molecule has 0 N–H and O–H groups in total. The van der Waals surface area contributed by atoms with Gasteiger partial charge < -0.3 is 9.47 Å². The van der Waals surface area contributed by atoms with Gasteiger partial charge in [0.1, 0.15) is 11.4 Å². The minimum absolute atomic E-state index is 0.0191. The van der Waals surface area contributed by atoms with Crippen LogP contribution in [0.5, 0.6) is 5.75 Å². The van der Waals surface area contributed by atoms with Gasteiger partial charge in [0, 0.05) is 21.7 Å². The molecule has 1 heterocycles. The summed E-state index contributed by atoms with van der Waals surface area (Å²) in [7, 11) is 1.52. The normalized spacial score (nSPS) is 11.6. The van der Waals surface area contributed by atoms with E-state index in [1.807, 2.05) is 20.8 Å². The molecule has 0 saturated carbocycles. The van der Waals surface area contributed by atoms with Crippen molar-refractivity contribution in [3.05, 3.63) is 63.3 Å². The van der Waals surface area contributed by atoms with Crippen molar-refractivity contribution in [2.45, 2.75) is 39.7 Å². The standard InChI is InChI=1S/C23H23Cl2NO4/c1-13-16(11-21(27)30-23(2,3)4)17-10-20(29-5)18(25)12-19(17)26(13)22(28)14-6-8-15(24)9-7-14/h6-10,12H,11H2,1-5H3. The third kappa shape index (κ3) is 4.47. The summed E-state index contributed by atoms with van der Waals surface area (Å²) in [6.45, 7) is 7.24. The molecular formula is C23H23Cl2NO4. The van der Waals surface area contributed by atoms with E-state index in [9.17, 15) is 9.59 Å². The maximum atomic E-state index is 13.3. The Morgan fingerprint density at radius 2 is 1.70 bits per heavy atom. The number of benzene rings is 2. The molecule has 0 aliphatic heterocycles. The van der Waals surface area contributed by atoms with Gasteiger partial charge >= 0.3 is 5.97 Å². The summed E-state index contributed by atoms with van der Waals surface area (Å²) in [5.41, 5.74) is 1.78. The van der Waals surface area contributed by atoms with Crippen LogP contribution in [0.1, 0.15) is 42.4 Å². The van der Waals surface area contributed by atoms with Crippen LogP contribution in [-0.2, 0) is 16.0 Å². The SMILES string of the molecule is COc1cc2c(CC(=O)OC(C)(C)C)c(C)n(C(=O)c3ccc(Cl)cc3)c2cc1Cl. The molecule has 3 rings (SSSR count). The van der Waals surface area contributed by atoms with E-state index >= 15 is 0 Å². The van der Waals surface area contributed by atoms with E-state index in [2.05, 4.69) is 0 Å². The first-order valence-electron chi connectivity index (χ1n) is 9.41. The smallest absolute Gasteiger partial charge is 0.310 e. The summed E-state index contributed by atoms with van der Waals surface area (Å²) in [5, 5.41) is 1.62. The molecule has 0 spiro atoms. The predicted octanol–water partition coefficient (Wildman–Crippen LogP) is 5.84. The van der Waals surface area contributed by atoms with Crippen LogP contribution in [0.25, 0.3) is 10.9 Å². The highest BCUT2D eigenvalue weighted by Crippen LogP contribution is 2.35. The molecule has 2 aromatic carbocycles. The molecule has 0 amide bonds. The Morgan fingerprint density at radius 1 is 1.07 bits per heavy atom. The van der Waals surface area contributed by atoms with Gasteiger partial charge in [0.15, 0.2) is 0 Å². The summed E-state index contributed by atoms with van der Waals surface area (Å²) < 4.78 is 12.4. The highest BCUT2D eigenvalue weighted by molar-refractivity contribution is 6.33. The second-order valence-electron chi connectivity index (χ2n) is 7.98. The minimum Gasteiger partial charge on any atom is -0.495 e. The third-order valence-electron chi connectivity index (χ3n) is 4.64. The van der Waals surface area contributed by atoms with Crippen LogP contribution in [0, 0.1) is 6.92 Å². The van der Waals surface area contributed by atoms with Crippen molar-refractivity contribution >= 4 is 46.0 Å². The maximum Gasteiger partial charge on any atom is 0.310 e. The van der Waals surface area contributed by atoms with Gasteiger partial charge in [-0.25, -0.2) is 0 Å². The molecule has 0 radical (unpaired) electrons. The second kappa shape index (κ2) is 8.32. The maximum absolute atomic E-state index is 13.3. The Morgan fingerprint density at radius 3 is 2.27 bits per heavy atom. The molecule has 5 nitrogen and oxygen atoms in total. The molecule has 0 atom stereocenters. The van der Waals surface area contributed by atoms with Crippen molar-refractivity contribution < 1.29 is 19.1 Å². The Hall–Kier alpha value is -2.50. The van der Waals surface area contributed by atoms with E-state index in [1.165, 1.54) is 7.11 Å². The number of hydrogen-bond acceptors (Lipinski definition) is 4. The summed E-state index contributed by atoms with van der Waals surface area (Å²) in [6.07, 6.45) is 0.0191. The van der Waals surface area contributed by atoms with E-state index in [0.29, 0.717) is 43.5 Å². The summed E-state index contributed by atoms with van der Waals surface area (Å²) in [6, 6.07) is 10.1. The number of halogens is 2. The lowest BCUT2D eigenvalue weighted by Crippen LogP contribution is -2.25. The monoisotopic (exact) mass is 447 g/mol. The van der Waals surface area contributed by atoms with Gasteiger partial charge in [-0.05, 0) is 69.7 Å². The molecule has 0 saturated heterocycles. The first-order chi connectivity index (χ1) is 14.0. The first-order valence-corrected chi connectivity index (χ1v) is 10.2. The number of rotatable bonds is 4. The summed E-state index contributed by atoms with van der Waals surface area (Å²) >= 11 is 12.3. The zero-order valence-electron chi connectivity index (χ0n) is 17.5. The summed E-state index contributed by atoms with van der Waals surface area (Å²) in [4.78, 5) is 25.9. The molecule has 30 heavy (non-hydrogen) atoms. The number of ether oxygens (including phenoxy) is 2. The molecule has 0 fully saturated rings. The molecule has 1 aromatic heterocycles. The highest BCUT2D eigenvalue weighted by Gasteiger charge is 2.25. The molecule has 0 unspecified atom stereocenters.